The molecule has 1 unspecified atom stereocenters. The fraction of sp³-hybridized carbons (Fsp3) is 0.400. The maximum absolute atomic E-state index is 13.6. The molecular weight excluding hydrogens is 351 g/mol. The molecule has 2 heterocycles. The van der Waals surface area contributed by atoms with Gasteiger partial charge in [-0.25, -0.2) is 4.39 Å². The molecule has 0 bridgehead atoms. The van der Waals surface area contributed by atoms with Crippen LogP contribution in [0.2, 0.25) is 0 Å². The zero-order valence-electron chi connectivity index (χ0n) is 15.0. The molecule has 1 fully saturated rings. The first-order valence-corrected chi connectivity index (χ1v) is 9.05. The third-order valence-corrected chi connectivity index (χ3v) is 4.60. The van der Waals surface area contributed by atoms with Gasteiger partial charge in [0.25, 0.3) is 0 Å². The fourth-order valence-corrected chi connectivity index (χ4v) is 3.13. The summed E-state index contributed by atoms with van der Waals surface area (Å²) < 4.78 is 24.5. The number of furan rings is 1. The summed E-state index contributed by atoms with van der Waals surface area (Å²) in [7, 11) is 0. The quantitative estimate of drug-likeness (QED) is 0.719. The third-order valence-electron chi connectivity index (χ3n) is 4.60. The van der Waals surface area contributed by atoms with E-state index < -0.39 is 5.82 Å². The molecule has 1 aliphatic heterocycles. The van der Waals surface area contributed by atoms with Gasteiger partial charge in [0.1, 0.15) is 11.6 Å². The van der Waals surface area contributed by atoms with Crippen LogP contribution in [0.5, 0.6) is 0 Å². The minimum absolute atomic E-state index is 0.0150. The van der Waals surface area contributed by atoms with Crippen LogP contribution in [0.1, 0.15) is 35.0 Å². The highest BCUT2D eigenvalue weighted by molar-refractivity contribution is 5.98. The van der Waals surface area contributed by atoms with E-state index in [1.807, 2.05) is 12.1 Å². The molecule has 1 N–H and O–H groups in total. The van der Waals surface area contributed by atoms with Gasteiger partial charge in [-0.15, -0.1) is 0 Å². The molecule has 144 valence electrons. The minimum atomic E-state index is -0.562. The lowest BCUT2D eigenvalue weighted by Gasteiger charge is -2.33. The summed E-state index contributed by atoms with van der Waals surface area (Å²) in [5, 5.41) is 2.86. The van der Waals surface area contributed by atoms with Crippen molar-refractivity contribution in [2.45, 2.75) is 18.9 Å². The van der Waals surface area contributed by atoms with Gasteiger partial charge in [0, 0.05) is 32.5 Å². The van der Waals surface area contributed by atoms with E-state index in [9.17, 15) is 14.0 Å². The summed E-state index contributed by atoms with van der Waals surface area (Å²) in [5.41, 5.74) is 0.0204. The molecule has 1 aromatic carbocycles. The molecular formula is C20H23FN2O4. The molecule has 0 radical (unpaired) electrons. The predicted octanol–water partition coefficient (Wildman–Crippen LogP) is 2.57. The number of morpholine rings is 1. The Hall–Kier alpha value is -2.51. The summed E-state index contributed by atoms with van der Waals surface area (Å²) in [6.45, 7) is 3.17. The number of nitrogens with zero attached hydrogens (tertiary/aromatic N) is 1. The Bertz CT molecular complexity index is 757. The second-order valence-electron chi connectivity index (χ2n) is 6.39. The molecule has 1 aromatic heterocycles. The van der Waals surface area contributed by atoms with Gasteiger partial charge >= 0.3 is 0 Å². The van der Waals surface area contributed by atoms with Crippen LogP contribution < -0.4 is 5.32 Å². The highest BCUT2D eigenvalue weighted by atomic mass is 19.1. The van der Waals surface area contributed by atoms with E-state index in [1.54, 1.807) is 12.3 Å². The number of rotatable bonds is 8. The van der Waals surface area contributed by atoms with Crippen LogP contribution in [-0.4, -0.2) is 49.4 Å². The highest BCUT2D eigenvalue weighted by Crippen LogP contribution is 2.21. The van der Waals surface area contributed by atoms with Crippen LogP contribution >= 0.6 is 0 Å². The van der Waals surface area contributed by atoms with Gasteiger partial charge in [0.2, 0.25) is 5.91 Å². The van der Waals surface area contributed by atoms with Crippen molar-refractivity contribution in [2.24, 2.45) is 0 Å². The second-order valence-corrected chi connectivity index (χ2v) is 6.39. The number of benzene rings is 1. The first-order valence-electron chi connectivity index (χ1n) is 9.05. The number of amides is 1. The average Bonchev–Trinajstić information content (AvgIpc) is 3.22. The Morgan fingerprint density at radius 3 is 2.59 bits per heavy atom. The first-order chi connectivity index (χ1) is 13.1. The molecule has 0 saturated carbocycles. The standard InChI is InChI=1S/C20H23FN2O4/c21-16-5-2-1-4-15(16)18(24)7-8-20(25)22-14-17(19-6-3-11-27-19)23-9-12-26-13-10-23/h1-6,11,17H,7-10,12-14H2,(H,22,25). The molecule has 1 atom stereocenters. The average molecular weight is 374 g/mol. The van der Waals surface area contributed by atoms with E-state index >= 15 is 0 Å². The Kier molecular flexibility index (Phi) is 6.73. The van der Waals surface area contributed by atoms with Crippen LogP contribution in [-0.2, 0) is 9.53 Å². The molecule has 7 heteroatoms. The molecule has 1 saturated heterocycles. The van der Waals surface area contributed by atoms with Crippen molar-refractivity contribution in [3.05, 3.63) is 59.8 Å². The normalized spacial score (nSPS) is 16.0. The third kappa shape index (κ3) is 5.24. The molecule has 0 spiro atoms. The van der Waals surface area contributed by atoms with Gasteiger partial charge in [0.15, 0.2) is 5.78 Å². The van der Waals surface area contributed by atoms with Gasteiger partial charge in [-0.2, -0.15) is 0 Å². The van der Waals surface area contributed by atoms with E-state index in [-0.39, 0.29) is 36.1 Å². The maximum atomic E-state index is 13.6. The van der Waals surface area contributed by atoms with Gasteiger partial charge < -0.3 is 14.5 Å². The van der Waals surface area contributed by atoms with Crippen molar-refractivity contribution in [2.75, 3.05) is 32.8 Å². The van der Waals surface area contributed by atoms with Crippen LogP contribution in [0, 0.1) is 5.82 Å². The lowest BCUT2D eigenvalue weighted by Crippen LogP contribution is -2.43. The van der Waals surface area contributed by atoms with E-state index in [0.29, 0.717) is 19.8 Å². The van der Waals surface area contributed by atoms with Gasteiger partial charge in [-0.05, 0) is 24.3 Å². The van der Waals surface area contributed by atoms with Crippen molar-refractivity contribution < 1.29 is 23.1 Å². The highest BCUT2D eigenvalue weighted by Gasteiger charge is 2.25. The van der Waals surface area contributed by atoms with Crippen LogP contribution in [0.3, 0.4) is 0 Å². The molecule has 6 nitrogen and oxygen atoms in total. The number of hydrogen-bond donors (Lipinski definition) is 1. The number of ketones is 1. The Balaban J connectivity index is 1.52. The monoisotopic (exact) mass is 374 g/mol. The summed E-state index contributed by atoms with van der Waals surface area (Å²) in [6, 6.07) is 9.41. The van der Waals surface area contributed by atoms with E-state index in [4.69, 9.17) is 9.15 Å². The minimum Gasteiger partial charge on any atom is -0.468 e. The van der Waals surface area contributed by atoms with Crippen molar-refractivity contribution >= 4 is 11.7 Å². The summed E-state index contributed by atoms with van der Waals surface area (Å²) in [6.07, 6.45) is 1.59. The molecule has 0 aliphatic carbocycles. The maximum Gasteiger partial charge on any atom is 0.220 e. The number of ether oxygens (including phenoxy) is 1. The van der Waals surface area contributed by atoms with E-state index in [0.717, 1.165) is 18.8 Å². The zero-order valence-corrected chi connectivity index (χ0v) is 15.0. The Morgan fingerprint density at radius 1 is 1.11 bits per heavy atom. The van der Waals surface area contributed by atoms with E-state index in [1.165, 1.54) is 18.2 Å². The van der Waals surface area contributed by atoms with E-state index in [2.05, 4.69) is 10.2 Å². The Morgan fingerprint density at radius 2 is 1.89 bits per heavy atom. The van der Waals surface area contributed by atoms with Crippen molar-refractivity contribution in [1.29, 1.82) is 0 Å². The molecule has 3 rings (SSSR count). The topological polar surface area (TPSA) is 71.8 Å². The number of nitrogens with one attached hydrogen (secondary N) is 1. The number of Topliss-reactive ketones (excluding diaryl/α,β-unsaturated/α-hetero) is 1. The lowest BCUT2D eigenvalue weighted by molar-refractivity contribution is -0.121. The summed E-state index contributed by atoms with van der Waals surface area (Å²) >= 11 is 0. The van der Waals surface area contributed by atoms with Gasteiger partial charge in [-0.1, -0.05) is 12.1 Å². The largest absolute Gasteiger partial charge is 0.468 e. The van der Waals surface area contributed by atoms with Crippen LogP contribution in [0.25, 0.3) is 0 Å². The van der Waals surface area contributed by atoms with Crippen molar-refractivity contribution in [3.8, 4) is 0 Å². The molecule has 1 aliphatic rings. The van der Waals surface area contributed by atoms with Crippen molar-refractivity contribution in [1.82, 2.24) is 10.2 Å². The van der Waals surface area contributed by atoms with Crippen molar-refractivity contribution in [3.63, 3.8) is 0 Å². The van der Waals surface area contributed by atoms with Gasteiger partial charge in [-0.3, -0.25) is 14.5 Å². The molecule has 2 aromatic rings. The van der Waals surface area contributed by atoms with Gasteiger partial charge in [0.05, 0.1) is 31.1 Å². The predicted molar refractivity (Wildman–Crippen MR) is 96.8 cm³/mol. The number of carbonyl (C=O) groups is 2. The smallest absolute Gasteiger partial charge is 0.220 e. The first kappa shape index (κ1) is 19.3. The lowest BCUT2D eigenvalue weighted by atomic mass is 10.1. The summed E-state index contributed by atoms with van der Waals surface area (Å²) in [4.78, 5) is 26.5. The summed E-state index contributed by atoms with van der Waals surface area (Å²) in [5.74, 6) is -0.406. The molecule has 27 heavy (non-hydrogen) atoms. The number of carbonyl (C=O) groups excluding carboxylic acids is 2. The van der Waals surface area contributed by atoms with Crippen LogP contribution in [0.15, 0.2) is 47.1 Å². The SMILES string of the molecule is O=C(CCC(=O)c1ccccc1F)NCC(c1ccco1)N1CCOCC1. The zero-order chi connectivity index (χ0) is 19.1. The second kappa shape index (κ2) is 9.43. The number of hydrogen-bond acceptors (Lipinski definition) is 5. The van der Waals surface area contributed by atoms with Crippen LogP contribution in [0.4, 0.5) is 4.39 Å². The molecule has 1 amide bonds. The number of halogens is 1. The Labute approximate surface area is 157 Å². The fourth-order valence-electron chi connectivity index (χ4n) is 3.13.